The molecule has 1 nitrogen and oxygen atoms in total. The third-order valence-electron chi connectivity index (χ3n) is 2.93. The molecule has 0 amide bonds. The molecule has 0 bridgehead atoms. The zero-order valence-corrected chi connectivity index (χ0v) is 11.6. The highest BCUT2D eigenvalue weighted by atomic mass is 79.9. The Morgan fingerprint density at radius 2 is 2.06 bits per heavy atom. The van der Waals surface area contributed by atoms with Crippen molar-refractivity contribution in [2.24, 2.45) is 5.92 Å². The van der Waals surface area contributed by atoms with Gasteiger partial charge in [-0.05, 0) is 36.2 Å². The summed E-state index contributed by atoms with van der Waals surface area (Å²) in [6.07, 6.45) is 1.07. The van der Waals surface area contributed by atoms with Gasteiger partial charge < -0.3 is 5.32 Å². The van der Waals surface area contributed by atoms with E-state index >= 15 is 0 Å². The van der Waals surface area contributed by atoms with Crippen LogP contribution in [-0.2, 0) is 0 Å². The van der Waals surface area contributed by atoms with Crippen molar-refractivity contribution in [2.45, 2.75) is 33.2 Å². The number of halogens is 2. The monoisotopic (exact) mass is 287 g/mol. The lowest BCUT2D eigenvalue weighted by atomic mass is 9.92. The van der Waals surface area contributed by atoms with E-state index in [2.05, 4.69) is 42.0 Å². The fraction of sp³-hybridized carbons (Fsp3) is 0.538. The fourth-order valence-electron chi connectivity index (χ4n) is 1.83. The molecule has 0 aliphatic carbocycles. The number of hydrogen-bond acceptors (Lipinski definition) is 1. The molecule has 0 saturated heterocycles. The average Bonchev–Trinajstić information content (AvgIpc) is 2.28. The molecular formula is C13H19BrFN. The summed E-state index contributed by atoms with van der Waals surface area (Å²) in [5.74, 6) is 0.308. The molecule has 0 spiro atoms. The van der Waals surface area contributed by atoms with Crippen molar-refractivity contribution < 1.29 is 4.39 Å². The van der Waals surface area contributed by atoms with Crippen LogP contribution in [0.25, 0.3) is 0 Å². The minimum atomic E-state index is -0.176. The molecule has 0 aliphatic heterocycles. The molecule has 0 saturated carbocycles. The normalized spacial score (nSPS) is 14.8. The molecule has 0 aliphatic rings. The first-order chi connectivity index (χ1) is 7.60. The molecule has 90 valence electrons. The largest absolute Gasteiger partial charge is 0.310 e. The Hall–Kier alpha value is -0.410. The zero-order valence-electron chi connectivity index (χ0n) is 10.1. The molecule has 2 atom stereocenters. The lowest BCUT2D eigenvalue weighted by molar-refractivity contribution is 0.381. The van der Waals surface area contributed by atoms with Crippen LogP contribution in [0.1, 0.15) is 38.8 Å². The Bertz CT molecular complexity index is 341. The molecule has 1 aromatic rings. The van der Waals surface area contributed by atoms with Crippen LogP contribution in [0.4, 0.5) is 4.39 Å². The standard InChI is InChI=1S/C13H19BrFN/c1-4-9(3)13(16-5-2)11-8-10(15)6-7-12(11)14/h6-9,13,16H,4-5H2,1-3H3. The van der Waals surface area contributed by atoms with Gasteiger partial charge in [-0.25, -0.2) is 4.39 Å². The number of nitrogens with one attached hydrogen (secondary N) is 1. The molecule has 1 aromatic carbocycles. The summed E-state index contributed by atoms with van der Waals surface area (Å²) < 4.78 is 14.2. The Morgan fingerprint density at radius 3 is 2.62 bits per heavy atom. The fourth-order valence-corrected chi connectivity index (χ4v) is 2.32. The van der Waals surface area contributed by atoms with Crippen LogP contribution in [0.15, 0.2) is 22.7 Å². The van der Waals surface area contributed by atoms with Gasteiger partial charge in [0, 0.05) is 10.5 Å². The minimum absolute atomic E-state index is 0.176. The van der Waals surface area contributed by atoms with Crippen LogP contribution in [0.3, 0.4) is 0 Å². The Balaban J connectivity index is 3.04. The smallest absolute Gasteiger partial charge is 0.123 e. The van der Waals surface area contributed by atoms with Crippen LogP contribution in [0.2, 0.25) is 0 Å². The maximum Gasteiger partial charge on any atom is 0.123 e. The topological polar surface area (TPSA) is 12.0 Å². The first-order valence-electron chi connectivity index (χ1n) is 5.78. The van der Waals surface area contributed by atoms with Gasteiger partial charge in [0.25, 0.3) is 0 Å². The highest BCUT2D eigenvalue weighted by Crippen LogP contribution is 2.30. The van der Waals surface area contributed by atoms with Gasteiger partial charge in [-0.1, -0.05) is 43.1 Å². The highest BCUT2D eigenvalue weighted by Gasteiger charge is 2.19. The lowest BCUT2D eigenvalue weighted by Gasteiger charge is -2.25. The lowest BCUT2D eigenvalue weighted by Crippen LogP contribution is -2.27. The molecule has 3 heteroatoms. The predicted octanol–water partition coefficient (Wildman–Crippen LogP) is 4.28. The van der Waals surface area contributed by atoms with E-state index in [1.165, 1.54) is 6.07 Å². The van der Waals surface area contributed by atoms with Gasteiger partial charge in [0.05, 0.1) is 0 Å². The summed E-state index contributed by atoms with van der Waals surface area (Å²) in [4.78, 5) is 0. The Kier molecular flexibility index (Phi) is 5.42. The van der Waals surface area contributed by atoms with Gasteiger partial charge in [0.1, 0.15) is 5.82 Å². The maximum atomic E-state index is 13.3. The SMILES string of the molecule is CCNC(c1cc(F)ccc1Br)C(C)CC. The van der Waals surface area contributed by atoms with Crippen molar-refractivity contribution in [3.63, 3.8) is 0 Å². The number of rotatable bonds is 5. The summed E-state index contributed by atoms with van der Waals surface area (Å²) in [6, 6.07) is 5.08. The van der Waals surface area contributed by atoms with E-state index in [0.29, 0.717) is 5.92 Å². The van der Waals surface area contributed by atoms with Crippen LogP contribution in [-0.4, -0.2) is 6.54 Å². The van der Waals surface area contributed by atoms with Crippen molar-refractivity contribution in [2.75, 3.05) is 6.54 Å². The van der Waals surface area contributed by atoms with Crippen molar-refractivity contribution in [3.8, 4) is 0 Å². The highest BCUT2D eigenvalue weighted by molar-refractivity contribution is 9.10. The van der Waals surface area contributed by atoms with Crippen molar-refractivity contribution in [1.29, 1.82) is 0 Å². The van der Waals surface area contributed by atoms with Crippen molar-refractivity contribution in [3.05, 3.63) is 34.1 Å². The summed E-state index contributed by atoms with van der Waals surface area (Å²) in [5, 5.41) is 3.42. The average molecular weight is 288 g/mol. The summed E-state index contributed by atoms with van der Waals surface area (Å²) in [6.45, 7) is 7.30. The molecule has 1 rings (SSSR count). The third-order valence-corrected chi connectivity index (χ3v) is 3.65. The second-order valence-corrected chi connectivity index (χ2v) is 4.94. The molecular weight excluding hydrogens is 269 g/mol. The Morgan fingerprint density at radius 1 is 1.38 bits per heavy atom. The Labute approximate surface area is 106 Å². The van der Waals surface area contributed by atoms with Gasteiger partial charge >= 0.3 is 0 Å². The summed E-state index contributed by atoms with van der Waals surface area (Å²) in [5.41, 5.74) is 1.01. The molecule has 0 radical (unpaired) electrons. The van der Waals surface area contributed by atoms with Crippen LogP contribution >= 0.6 is 15.9 Å². The van der Waals surface area contributed by atoms with Gasteiger partial charge in [0.2, 0.25) is 0 Å². The van der Waals surface area contributed by atoms with E-state index in [-0.39, 0.29) is 11.9 Å². The van der Waals surface area contributed by atoms with Crippen LogP contribution in [0.5, 0.6) is 0 Å². The van der Waals surface area contributed by atoms with Gasteiger partial charge in [0.15, 0.2) is 0 Å². The van der Waals surface area contributed by atoms with E-state index in [1.807, 2.05) is 0 Å². The second kappa shape index (κ2) is 6.36. The van der Waals surface area contributed by atoms with E-state index < -0.39 is 0 Å². The van der Waals surface area contributed by atoms with Gasteiger partial charge in [-0.2, -0.15) is 0 Å². The summed E-state index contributed by atoms with van der Waals surface area (Å²) in [7, 11) is 0. The van der Waals surface area contributed by atoms with E-state index in [1.54, 1.807) is 12.1 Å². The van der Waals surface area contributed by atoms with E-state index in [4.69, 9.17) is 0 Å². The van der Waals surface area contributed by atoms with Crippen molar-refractivity contribution in [1.82, 2.24) is 5.32 Å². The van der Waals surface area contributed by atoms with Gasteiger partial charge in [-0.15, -0.1) is 0 Å². The minimum Gasteiger partial charge on any atom is -0.310 e. The third kappa shape index (κ3) is 3.29. The van der Waals surface area contributed by atoms with Crippen LogP contribution in [0, 0.1) is 11.7 Å². The van der Waals surface area contributed by atoms with E-state index in [9.17, 15) is 4.39 Å². The first-order valence-corrected chi connectivity index (χ1v) is 6.57. The molecule has 16 heavy (non-hydrogen) atoms. The molecule has 0 fully saturated rings. The number of benzene rings is 1. The van der Waals surface area contributed by atoms with Crippen molar-refractivity contribution >= 4 is 15.9 Å². The first kappa shape index (κ1) is 13.7. The second-order valence-electron chi connectivity index (χ2n) is 4.09. The zero-order chi connectivity index (χ0) is 12.1. The maximum absolute atomic E-state index is 13.3. The quantitative estimate of drug-likeness (QED) is 0.852. The molecule has 0 aromatic heterocycles. The van der Waals surface area contributed by atoms with Gasteiger partial charge in [-0.3, -0.25) is 0 Å². The predicted molar refractivity (Wildman–Crippen MR) is 70.0 cm³/mol. The molecule has 2 unspecified atom stereocenters. The van der Waals surface area contributed by atoms with E-state index in [0.717, 1.165) is 23.0 Å². The number of hydrogen-bond donors (Lipinski definition) is 1. The van der Waals surface area contributed by atoms with Crippen LogP contribution < -0.4 is 5.32 Å². The summed E-state index contributed by atoms with van der Waals surface area (Å²) >= 11 is 3.49. The molecule has 0 heterocycles. The molecule has 1 N–H and O–H groups in total.